The summed E-state index contributed by atoms with van der Waals surface area (Å²) in [6.45, 7) is 1.55. The number of amides is 2. The van der Waals surface area contributed by atoms with Crippen LogP contribution < -0.4 is 11.5 Å². The minimum Gasteiger partial charge on any atom is -0.387 e. The number of carbonyl (C=O) groups excluding carboxylic acids is 2. The number of nitrogens with zero attached hydrogens (tertiary/aromatic N) is 2. The van der Waals surface area contributed by atoms with Crippen LogP contribution in [-0.2, 0) is 22.4 Å². The first kappa shape index (κ1) is 24.1. The number of aliphatic imine (C=N–C) groups is 1. The maximum atomic E-state index is 13.3. The zero-order valence-electron chi connectivity index (χ0n) is 20.0. The second-order valence-electron chi connectivity index (χ2n) is 8.93. The van der Waals surface area contributed by atoms with Gasteiger partial charge in [-0.15, -0.1) is 0 Å². The highest BCUT2D eigenvalue weighted by molar-refractivity contribution is 5.97. The second kappa shape index (κ2) is 10.5. The number of hydrogen-bond donors (Lipinski definition) is 2. The van der Waals surface area contributed by atoms with E-state index in [2.05, 4.69) is 4.99 Å². The minimum atomic E-state index is -0.815. The smallest absolute Gasteiger partial charge is 0.270 e. The molecule has 0 saturated carbocycles. The molecule has 0 heterocycles. The average Bonchev–Trinajstić information content (AvgIpc) is 2.85. The molecule has 2 amide bonds. The zero-order chi connectivity index (χ0) is 24.9. The van der Waals surface area contributed by atoms with Crippen LogP contribution in [0.15, 0.2) is 89.9 Å². The third-order valence-electron chi connectivity index (χ3n) is 6.22. The van der Waals surface area contributed by atoms with Gasteiger partial charge in [0.25, 0.3) is 5.91 Å². The van der Waals surface area contributed by atoms with E-state index < -0.39 is 18.0 Å². The molecule has 0 bridgehead atoms. The van der Waals surface area contributed by atoms with Crippen molar-refractivity contribution in [3.8, 4) is 0 Å². The van der Waals surface area contributed by atoms with Gasteiger partial charge in [0.2, 0.25) is 5.91 Å². The first-order valence-electron chi connectivity index (χ1n) is 11.6. The number of fused-ring (bicyclic) bond motifs is 2. The monoisotopic (exact) mass is 466 g/mol. The Labute approximate surface area is 205 Å². The van der Waals surface area contributed by atoms with Crippen LogP contribution in [0.3, 0.4) is 0 Å². The van der Waals surface area contributed by atoms with Gasteiger partial charge in [-0.3, -0.25) is 9.59 Å². The summed E-state index contributed by atoms with van der Waals surface area (Å²) in [4.78, 5) is 31.7. The molecule has 0 aliphatic rings. The van der Waals surface area contributed by atoms with Crippen LogP contribution >= 0.6 is 0 Å². The van der Waals surface area contributed by atoms with E-state index >= 15 is 0 Å². The van der Waals surface area contributed by atoms with Gasteiger partial charge in [0.15, 0.2) is 0 Å². The van der Waals surface area contributed by atoms with E-state index in [0.29, 0.717) is 12.8 Å². The molecule has 4 aromatic rings. The third-order valence-corrected chi connectivity index (χ3v) is 6.22. The van der Waals surface area contributed by atoms with Crippen molar-refractivity contribution in [1.82, 2.24) is 4.90 Å². The Morgan fingerprint density at radius 2 is 1.29 bits per heavy atom. The van der Waals surface area contributed by atoms with Crippen LogP contribution in [0.5, 0.6) is 0 Å². The Morgan fingerprint density at radius 3 is 1.80 bits per heavy atom. The predicted octanol–water partition coefficient (Wildman–Crippen LogP) is 3.84. The Hall–Kier alpha value is -4.03. The first-order valence-corrected chi connectivity index (χ1v) is 11.6. The van der Waals surface area contributed by atoms with Crippen molar-refractivity contribution in [2.75, 3.05) is 7.05 Å². The molecule has 0 radical (unpaired) electrons. The van der Waals surface area contributed by atoms with E-state index in [4.69, 9.17) is 11.5 Å². The average molecular weight is 467 g/mol. The van der Waals surface area contributed by atoms with Crippen molar-refractivity contribution in [2.24, 2.45) is 16.5 Å². The van der Waals surface area contributed by atoms with Crippen LogP contribution in [0.2, 0.25) is 0 Å². The molecule has 0 aliphatic heterocycles. The molecule has 0 fully saturated rings. The molecule has 0 saturated heterocycles. The number of hydrogen-bond acceptors (Lipinski definition) is 3. The summed E-state index contributed by atoms with van der Waals surface area (Å²) in [5.74, 6) is -0.631. The van der Waals surface area contributed by atoms with Gasteiger partial charge in [-0.2, -0.15) is 4.99 Å². The lowest BCUT2D eigenvalue weighted by Gasteiger charge is -2.28. The summed E-state index contributed by atoms with van der Waals surface area (Å²) in [7, 11) is 1.60. The van der Waals surface area contributed by atoms with Crippen molar-refractivity contribution in [3.05, 3.63) is 96.1 Å². The zero-order valence-corrected chi connectivity index (χ0v) is 20.0. The Kier molecular flexibility index (Phi) is 7.22. The minimum absolute atomic E-state index is 0.153. The third kappa shape index (κ3) is 5.73. The molecule has 178 valence electrons. The van der Waals surface area contributed by atoms with E-state index in [-0.39, 0.29) is 11.7 Å². The molecule has 4 aromatic carbocycles. The number of rotatable bonds is 7. The lowest BCUT2D eigenvalue weighted by Crippen LogP contribution is -2.50. The quantitative estimate of drug-likeness (QED) is 0.319. The van der Waals surface area contributed by atoms with Crippen LogP contribution in [0.25, 0.3) is 21.5 Å². The van der Waals surface area contributed by atoms with Crippen molar-refractivity contribution in [2.45, 2.75) is 31.8 Å². The highest BCUT2D eigenvalue weighted by Crippen LogP contribution is 2.20. The molecule has 0 spiro atoms. The molecule has 4 rings (SSSR count). The van der Waals surface area contributed by atoms with Crippen LogP contribution in [0.4, 0.5) is 0 Å². The molecule has 2 unspecified atom stereocenters. The summed E-state index contributed by atoms with van der Waals surface area (Å²) >= 11 is 0. The molecule has 0 aromatic heterocycles. The fraction of sp³-hybridized carbons (Fsp3) is 0.207. The van der Waals surface area contributed by atoms with Gasteiger partial charge in [0.05, 0.1) is 11.9 Å². The van der Waals surface area contributed by atoms with E-state index in [1.165, 1.54) is 4.90 Å². The molecule has 6 nitrogen and oxygen atoms in total. The van der Waals surface area contributed by atoms with Crippen molar-refractivity contribution in [1.29, 1.82) is 0 Å². The lowest BCUT2D eigenvalue weighted by molar-refractivity contribution is -0.138. The first-order chi connectivity index (χ1) is 16.8. The SMILES string of the molecule is CC(N)=NC(=O)C(Cc1ccc2ccccc2c1)N(C)C(=O)C(N)Cc1ccc2ccccc2c1. The predicted molar refractivity (Wildman–Crippen MR) is 142 cm³/mol. The normalized spacial score (nSPS) is 13.5. The molecule has 35 heavy (non-hydrogen) atoms. The summed E-state index contributed by atoms with van der Waals surface area (Å²) < 4.78 is 0. The van der Waals surface area contributed by atoms with E-state index in [0.717, 1.165) is 32.7 Å². The molecule has 6 heteroatoms. The van der Waals surface area contributed by atoms with Crippen LogP contribution in [0, 0.1) is 0 Å². The lowest BCUT2D eigenvalue weighted by atomic mass is 9.98. The van der Waals surface area contributed by atoms with Gasteiger partial charge in [0.1, 0.15) is 6.04 Å². The molecule has 0 aliphatic carbocycles. The molecule has 4 N–H and O–H groups in total. The number of likely N-dealkylation sites (N-methyl/N-ethyl adjacent to an activating group) is 1. The number of nitrogens with two attached hydrogens (primary N) is 2. The van der Waals surface area contributed by atoms with E-state index in [1.54, 1.807) is 14.0 Å². The maximum absolute atomic E-state index is 13.3. The largest absolute Gasteiger partial charge is 0.387 e. The topological polar surface area (TPSA) is 102 Å². The summed E-state index contributed by atoms with van der Waals surface area (Å²) in [5.41, 5.74) is 13.9. The van der Waals surface area contributed by atoms with E-state index in [1.807, 2.05) is 84.9 Å². The second-order valence-corrected chi connectivity index (χ2v) is 8.93. The van der Waals surface area contributed by atoms with Gasteiger partial charge in [-0.05, 0) is 46.0 Å². The summed E-state index contributed by atoms with van der Waals surface area (Å²) in [6, 6.07) is 26.5. The number of amidine groups is 1. The molecular formula is C29H30N4O2. The molecular weight excluding hydrogens is 436 g/mol. The fourth-order valence-electron chi connectivity index (χ4n) is 4.35. The highest BCUT2D eigenvalue weighted by atomic mass is 16.2. The standard InChI is InChI=1S/C29H30N4O2/c1-19(30)32-28(34)27(18-21-12-14-23-8-4-6-10-25(23)16-21)33(2)29(35)26(31)17-20-11-13-22-7-3-5-9-24(22)15-20/h3-16,26-27H,17-18,31H2,1-2H3,(H2,30,32,34). The van der Waals surface area contributed by atoms with Gasteiger partial charge >= 0.3 is 0 Å². The summed E-state index contributed by atoms with van der Waals surface area (Å²) in [5, 5.41) is 4.40. The Balaban J connectivity index is 1.55. The maximum Gasteiger partial charge on any atom is 0.270 e. The number of benzene rings is 4. The number of carbonyl (C=O) groups is 2. The van der Waals surface area contributed by atoms with Gasteiger partial charge in [-0.25, -0.2) is 0 Å². The van der Waals surface area contributed by atoms with E-state index in [9.17, 15) is 9.59 Å². The van der Waals surface area contributed by atoms with Crippen molar-refractivity contribution >= 4 is 39.2 Å². The highest BCUT2D eigenvalue weighted by Gasteiger charge is 2.30. The van der Waals surface area contributed by atoms with Crippen molar-refractivity contribution < 1.29 is 9.59 Å². The fourth-order valence-corrected chi connectivity index (χ4v) is 4.35. The van der Waals surface area contributed by atoms with Gasteiger partial charge < -0.3 is 16.4 Å². The Morgan fingerprint density at radius 1 is 0.800 bits per heavy atom. The van der Waals surface area contributed by atoms with Crippen molar-refractivity contribution in [3.63, 3.8) is 0 Å². The Bertz CT molecular complexity index is 1410. The van der Waals surface area contributed by atoms with Gasteiger partial charge in [-0.1, -0.05) is 84.9 Å². The molecule has 2 atom stereocenters. The summed E-state index contributed by atoms with van der Waals surface area (Å²) in [6.07, 6.45) is 0.676. The van der Waals surface area contributed by atoms with Crippen LogP contribution in [0.1, 0.15) is 18.1 Å². The van der Waals surface area contributed by atoms with Gasteiger partial charge in [0, 0.05) is 13.5 Å². The van der Waals surface area contributed by atoms with Crippen LogP contribution in [-0.4, -0.2) is 41.7 Å².